The van der Waals surface area contributed by atoms with Crippen LogP contribution in [0.5, 0.6) is 5.75 Å². The number of hydrogen-bond donors (Lipinski definition) is 2. The molecule has 7 nitrogen and oxygen atoms in total. The molecular formula is C26H21N3O4. The first-order valence-electron chi connectivity index (χ1n) is 10.3. The number of hydrogen-bond acceptors (Lipinski definition) is 5. The van der Waals surface area contributed by atoms with E-state index in [1.165, 1.54) is 17.8 Å². The Morgan fingerprint density at radius 3 is 2.42 bits per heavy atom. The lowest BCUT2D eigenvalue weighted by atomic mass is 10.0. The Labute approximate surface area is 190 Å². The summed E-state index contributed by atoms with van der Waals surface area (Å²) in [7, 11) is 0. The quantitative estimate of drug-likeness (QED) is 0.412. The Kier molecular flexibility index (Phi) is 6.70. The number of ether oxygens (including phenoxy) is 1. The summed E-state index contributed by atoms with van der Waals surface area (Å²) in [6.07, 6.45) is 2.27. The second-order valence-electron chi connectivity index (χ2n) is 7.28. The van der Waals surface area contributed by atoms with Crippen LogP contribution in [-0.4, -0.2) is 33.8 Å². The summed E-state index contributed by atoms with van der Waals surface area (Å²) in [5.41, 5.74) is 3.36. The zero-order valence-electron chi connectivity index (χ0n) is 17.6. The molecule has 1 amide bonds. The molecule has 0 spiro atoms. The molecule has 0 saturated heterocycles. The highest BCUT2D eigenvalue weighted by Gasteiger charge is 2.11. The van der Waals surface area contributed by atoms with Gasteiger partial charge in [0, 0.05) is 23.2 Å². The summed E-state index contributed by atoms with van der Waals surface area (Å²) in [6, 6.07) is 25.6. The van der Waals surface area contributed by atoms with Gasteiger partial charge in [0.15, 0.2) is 5.69 Å². The van der Waals surface area contributed by atoms with Gasteiger partial charge in [0.05, 0.1) is 12.8 Å². The molecule has 0 fully saturated rings. The minimum atomic E-state index is -1.16. The van der Waals surface area contributed by atoms with E-state index in [-0.39, 0.29) is 11.6 Å². The molecule has 3 aromatic carbocycles. The number of nitrogens with one attached hydrogen (secondary N) is 1. The summed E-state index contributed by atoms with van der Waals surface area (Å²) in [5.74, 6) is -0.717. The molecule has 0 unspecified atom stereocenters. The Bertz CT molecular complexity index is 1260. The molecule has 33 heavy (non-hydrogen) atoms. The van der Waals surface area contributed by atoms with Crippen molar-refractivity contribution in [3.63, 3.8) is 0 Å². The van der Waals surface area contributed by atoms with Crippen molar-refractivity contribution >= 4 is 17.6 Å². The molecule has 0 atom stereocenters. The summed E-state index contributed by atoms with van der Waals surface area (Å²) < 4.78 is 5.78. The van der Waals surface area contributed by atoms with Gasteiger partial charge in [0.25, 0.3) is 5.91 Å². The molecule has 1 aromatic heterocycles. The number of anilines is 1. The van der Waals surface area contributed by atoms with Crippen molar-refractivity contribution < 1.29 is 19.4 Å². The third-order valence-corrected chi connectivity index (χ3v) is 4.95. The molecule has 2 N–H and O–H groups in total. The fourth-order valence-electron chi connectivity index (χ4n) is 3.24. The molecule has 0 radical (unpaired) electrons. The average molecular weight is 439 g/mol. The van der Waals surface area contributed by atoms with E-state index in [4.69, 9.17) is 9.84 Å². The van der Waals surface area contributed by atoms with Crippen LogP contribution in [0.1, 0.15) is 26.4 Å². The van der Waals surface area contributed by atoms with Gasteiger partial charge in [-0.3, -0.25) is 4.79 Å². The van der Waals surface area contributed by atoms with Gasteiger partial charge >= 0.3 is 5.97 Å². The fraction of sp³-hybridized carbons (Fsp3) is 0.0769. The number of carbonyl (C=O) groups excluding carboxylic acids is 1. The molecule has 4 aromatic rings. The summed E-state index contributed by atoms with van der Waals surface area (Å²) in [6.45, 7) is 0.565. The number of benzene rings is 3. The molecule has 0 bridgehead atoms. The van der Waals surface area contributed by atoms with Crippen LogP contribution >= 0.6 is 0 Å². The molecular weight excluding hydrogens is 418 g/mol. The van der Waals surface area contributed by atoms with Gasteiger partial charge in [-0.2, -0.15) is 5.10 Å². The maximum Gasteiger partial charge on any atom is 0.356 e. The molecule has 164 valence electrons. The number of nitrogens with zero attached hydrogens (tertiary/aromatic N) is 2. The van der Waals surface area contributed by atoms with Crippen LogP contribution in [0.15, 0.2) is 91.1 Å². The number of carboxylic acid groups (broad SMARTS) is 1. The van der Waals surface area contributed by atoms with E-state index in [0.29, 0.717) is 29.0 Å². The number of aromatic nitrogens is 2. The van der Waals surface area contributed by atoms with Gasteiger partial charge in [0.2, 0.25) is 0 Å². The molecule has 7 heteroatoms. The predicted molar refractivity (Wildman–Crippen MR) is 124 cm³/mol. The van der Waals surface area contributed by atoms with Crippen molar-refractivity contribution in [2.45, 2.75) is 6.42 Å². The molecule has 0 aliphatic heterocycles. The van der Waals surface area contributed by atoms with Crippen molar-refractivity contribution in [1.82, 2.24) is 10.2 Å². The van der Waals surface area contributed by atoms with Crippen LogP contribution in [0.2, 0.25) is 0 Å². The Balaban J connectivity index is 1.37. The minimum Gasteiger partial charge on any atom is -0.493 e. The molecule has 4 rings (SSSR count). The Morgan fingerprint density at radius 2 is 1.67 bits per heavy atom. The lowest BCUT2D eigenvalue weighted by molar-refractivity contribution is 0.0689. The maximum atomic E-state index is 12.7. The molecule has 0 saturated carbocycles. The van der Waals surface area contributed by atoms with Gasteiger partial charge in [-0.25, -0.2) is 4.79 Å². The fourth-order valence-corrected chi connectivity index (χ4v) is 3.24. The zero-order chi connectivity index (χ0) is 23.0. The third-order valence-electron chi connectivity index (χ3n) is 4.95. The number of rotatable bonds is 8. The first kappa shape index (κ1) is 21.7. The van der Waals surface area contributed by atoms with Gasteiger partial charge < -0.3 is 15.2 Å². The van der Waals surface area contributed by atoms with Crippen LogP contribution in [0, 0.1) is 0 Å². The van der Waals surface area contributed by atoms with E-state index in [0.717, 1.165) is 12.2 Å². The SMILES string of the molecule is O=C(Nc1ccc(OCCc2ccccc2)cc1)c1cccc(-c2cnnc(C(=O)O)c2)c1. The number of aromatic carboxylic acids is 1. The first-order chi connectivity index (χ1) is 16.1. The lowest BCUT2D eigenvalue weighted by Crippen LogP contribution is -2.12. The zero-order valence-corrected chi connectivity index (χ0v) is 17.6. The van der Waals surface area contributed by atoms with E-state index < -0.39 is 5.97 Å². The molecule has 0 aliphatic rings. The predicted octanol–water partition coefficient (Wildman–Crippen LogP) is 4.72. The van der Waals surface area contributed by atoms with Gasteiger partial charge in [0.1, 0.15) is 5.75 Å². The Hall–Kier alpha value is -4.52. The van der Waals surface area contributed by atoms with Crippen LogP contribution < -0.4 is 10.1 Å². The highest BCUT2D eigenvalue weighted by Crippen LogP contribution is 2.22. The second-order valence-corrected chi connectivity index (χ2v) is 7.28. The number of carbonyl (C=O) groups is 2. The van der Waals surface area contributed by atoms with Crippen LogP contribution in [0.4, 0.5) is 5.69 Å². The van der Waals surface area contributed by atoms with Gasteiger partial charge in [-0.15, -0.1) is 5.10 Å². The maximum absolute atomic E-state index is 12.7. The molecule has 1 heterocycles. The Morgan fingerprint density at radius 1 is 0.879 bits per heavy atom. The lowest BCUT2D eigenvalue weighted by Gasteiger charge is -2.09. The topological polar surface area (TPSA) is 101 Å². The first-order valence-corrected chi connectivity index (χ1v) is 10.3. The van der Waals surface area contributed by atoms with Crippen molar-refractivity contribution in [3.05, 3.63) is 108 Å². The highest BCUT2D eigenvalue weighted by atomic mass is 16.5. The van der Waals surface area contributed by atoms with Crippen molar-refractivity contribution in [1.29, 1.82) is 0 Å². The standard InChI is InChI=1S/C26H21N3O4/c30-25(20-8-4-7-19(15-20)21-16-24(26(31)32)29-27-17-21)28-22-9-11-23(12-10-22)33-14-13-18-5-2-1-3-6-18/h1-12,15-17H,13-14H2,(H,28,30)(H,31,32). The average Bonchev–Trinajstić information content (AvgIpc) is 2.86. The molecule has 0 aliphatic carbocycles. The van der Waals surface area contributed by atoms with E-state index in [2.05, 4.69) is 27.6 Å². The third kappa shape index (κ3) is 5.80. The smallest absolute Gasteiger partial charge is 0.356 e. The van der Waals surface area contributed by atoms with Crippen LogP contribution in [-0.2, 0) is 6.42 Å². The number of amides is 1. The highest BCUT2D eigenvalue weighted by molar-refractivity contribution is 6.05. The number of carboxylic acids is 1. The van der Waals surface area contributed by atoms with Crippen molar-refractivity contribution in [3.8, 4) is 16.9 Å². The van der Waals surface area contributed by atoms with Crippen LogP contribution in [0.25, 0.3) is 11.1 Å². The van der Waals surface area contributed by atoms with Gasteiger partial charge in [-0.05, 0) is 53.6 Å². The van der Waals surface area contributed by atoms with Crippen molar-refractivity contribution in [2.75, 3.05) is 11.9 Å². The van der Waals surface area contributed by atoms with E-state index in [9.17, 15) is 9.59 Å². The van der Waals surface area contributed by atoms with E-state index in [1.807, 2.05) is 30.3 Å². The summed E-state index contributed by atoms with van der Waals surface area (Å²) in [5, 5.41) is 19.3. The summed E-state index contributed by atoms with van der Waals surface area (Å²) in [4.78, 5) is 23.9. The van der Waals surface area contributed by atoms with Gasteiger partial charge in [-0.1, -0.05) is 42.5 Å². The van der Waals surface area contributed by atoms with E-state index >= 15 is 0 Å². The van der Waals surface area contributed by atoms with Crippen molar-refractivity contribution in [2.24, 2.45) is 0 Å². The van der Waals surface area contributed by atoms with Crippen LogP contribution in [0.3, 0.4) is 0 Å². The second kappa shape index (κ2) is 10.2. The normalized spacial score (nSPS) is 10.4. The minimum absolute atomic E-state index is 0.159. The van der Waals surface area contributed by atoms with E-state index in [1.54, 1.807) is 36.4 Å². The monoisotopic (exact) mass is 439 g/mol. The largest absolute Gasteiger partial charge is 0.493 e. The summed E-state index contributed by atoms with van der Waals surface area (Å²) >= 11 is 0.